The average molecular weight is 520 g/mol. The van der Waals surface area contributed by atoms with Crippen LogP contribution in [-0.2, 0) is 20.8 Å². The third-order valence-electron chi connectivity index (χ3n) is 5.85. The molecule has 1 aromatic carbocycles. The quantitative estimate of drug-likeness (QED) is 0.473. The molecular weight excluding hydrogens is 494 g/mol. The molecule has 2 aliphatic rings. The van der Waals surface area contributed by atoms with E-state index in [2.05, 4.69) is 10.6 Å². The third kappa shape index (κ3) is 6.46. The van der Waals surface area contributed by atoms with Crippen molar-refractivity contribution < 1.29 is 29.0 Å². The van der Waals surface area contributed by atoms with Crippen molar-refractivity contribution in [1.82, 2.24) is 15.5 Å². The van der Waals surface area contributed by atoms with Crippen LogP contribution in [0.2, 0.25) is 5.02 Å². The molecule has 3 N–H and O–H groups in total. The van der Waals surface area contributed by atoms with Crippen molar-refractivity contribution in [2.75, 3.05) is 20.2 Å². The first-order valence-corrected chi connectivity index (χ1v) is 11.8. The predicted molar refractivity (Wildman–Crippen MR) is 134 cm³/mol. The molecule has 3 rings (SSSR count). The molecule has 1 aromatic rings. The molecule has 9 nitrogen and oxygen atoms in total. The number of aliphatic carboxylic acids is 1. The second-order valence-corrected chi connectivity index (χ2v) is 9.22. The van der Waals surface area contributed by atoms with Crippen LogP contribution in [0, 0.1) is 5.92 Å². The highest BCUT2D eigenvalue weighted by Crippen LogP contribution is 2.27. The Kier molecular flexibility index (Phi) is 8.63. The van der Waals surface area contributed by atoms with E-state index in [0.717, 1.165) is 4.90 Å². The number of carboxylic acid groups (broad SMARTS) is 1. The number of halogens is 1. The van der Waals surface area contributed by atoms with E-state index in [-0.39, 0.29) is 18.5 Å². The number of amides is 4. The largest absolute Gasteiger partial charge is 0.496 e. The lowest BCUT2D eigenvalue weighted by Crippen LogP contribution is -2.51. The molecule has 186 valence electrons. The Balaban J connectivity index is 1.81. The number of urea groups is 1. The van der Waals surface area contributed by atoms with Gasteiger partial charge in [0, 0.05) is 22.9 Å². The van der Waals surface area contributed by atoms with Crippen LogP contribution >= 0.6 is 23.8 Å². The van der Waals surface area contributed by atoms with Gasteiger partial charge in [-0.1, -0.05) is 30.7 Å². The van der Waals surface area contributed by atoms with Crippen LogP contribution in [0.1, 0.15) is 25.3 Å². The molecule has 35 heavy (non-hydrogen) atoms. The molecule has 0 aromatic heterocycles. The van der Waals surface area contributed by atoms with Crippen molar-refractivity contribution >= 4 is 52.5 Å². The van der Waals surface area contributed by atoms with Crippen LogP contribution in [-0.4, -0.2) is 64.9 Å². The van der Waals surface area contributed by atoms with E-state index in [1.54, 1.807) is 18.2 Å². The minimum absolute atomic E-state index is 0.0321. The lowest BCUT2D eigenvalue weighted by molar-refractivity contribution is -0.133. The zero-order valence-corrected chi connectivity index (χ0v) is 20.9. The Bertz CT molecular complexity index is 1130. The van der Waals surface area contributed by atoms with Gasteiger partial charge in [-0.25, -0.2) is 9.59 Å². The number of benzene rings is 1. The maximum Gasteiger partial charge on any atom is 0.335 e. The summed E-state index contributed by atoms with van der Waals surface area (Å²) < 4.78 is 5.36. The van der Waals surface area contributed by atoms with E-state index in [0.29, 0.717) is 39.6 Å². The number of hydrogen-bond acceptors (Lipinski definition) is 6. The second-order valence-electron chi connectivity index (χ2n) is 8.26. The summed E-state index contributed by atoms with van der Waals surface area (Å²) in [6.45, 7) is 1.45. The van der Waals surface area contributed by atoms with Gasteiger partial charge in [0.2, 0.25) is 11.8 Å². The minimum Gasteiger partial charge on any atom is -0.496 e. The number of ether oxygens (including phenoxy) is 1. The molecule has 11 heteroatoms. The van der Waals surface area contributed by atoms with Crippen molar-refractivity contribution in [3.8, 4) is 5.75 Å². The SMILES string of the molecule is CC[C@@H](NC(=O)N1CC(=O)NC[C@@H](Cc2cc(Cl)ccc2OC)C1=O)C1=CC(C(=O)O)=CC(=S)C1. The Labute approximate surface area is 213 Å². The number of nitrogens with zero attached hydrogens (tertiary/aromatic N) is 1. The number of carboxylic acids is 1. The number of rotatable bonds is 7. The number of nitrogens with one attached hydrogen (secondary N) is 2. The fourth-order valence-electron chi connectivity index (χ4n) is 4.07. The second kappa shape index (κ2) is 11.5. The number of hydrogen-bond donors (Lipinski definition) is 3. The first kappa shape index (κ1) is 26.4. The number of allylic oxidation sites excluding steroid dienone is 1. The topological polar surface area (TPSA) is 125 Å². The maximum absolute atomic E-state index is 13.3. The molecule has 2 atom stereocenters. The summed E-state index contributed by atoms with van der Waals surface area (Å²) in [5, 5.41) is 15.3. The number of imide groups is 1. The molecule has 1 aliphatic carbocycles. The highest BCUT2D eigenvalue weighted by molar-refractivity contribution is 7.80. The molecule has 1 heterocycles. The normalized spacial score (nSPS) is 19.2. The number of methoxy groups -OCH3 is 1. The lowest BCUT2D eigenvalue weighted by atomic mass is 9.92. The molecule has 1 aliphatic heterocycles. The fourth-order valence-corrected chi connectivity index (χ4v) is 4.56. The van der Waals surface area contributed by atoms with Crippen LogP contribution in [0.3, 0.4) is 0 Å². The monoisotopic (exact) mass is 519 g/mol. The van der Waals surface area contributed by atoms with E-state index >= 15 is 0 Å². The summed E-state index contributed by atoms with van der Waals surface area (Å²) in [4.78, 5) is 51.6. The Morgan fingerprint density at radius 3 is 2.74 bits per heavy atom. The molecular formula is C24H26ClN3O6S. The predicted octanol–water partition coefficient (Wildman–Crippen LogP) is 2.66. The van der Waals surface area contributed by atoms with Gasteiger partial charge in [-0.3, -0.25) is 14.5 Å². The highest BCUT2D eigenvalue weighted by atomic mass is 35.5. The number of carbonyl (C=O) groups excluding carboxylic acids is 3. The lowest BCUT2D eigenvalue weighted by Gasteiger charge is -2.27. The van der Waals surface area contributed by atoms with Crippen molar-refractivity contribution in [3.05, 3.63) is 52.1 Å². The van der Waals surface area contributed by atoms with Crippen LogP contribution < -0.4 is 15.4 Å². The standard InChI is InChI=1S/C24H26ClN3O6S/c1-3-19(13-6-15(23(31)32)10-18(35)9-13)27-24(33)28-12-21(29)26-11-16(22(28)30)7-14-8-17(25)4-5-20(14)34-2/h4-6,8,10,16,19H,3,7,9,11-12H2,1-2H3,(H,26,29)(H,27,33)(H,31,32)/t16-,19-/m1/s1. The van der Waals surface area contributed by atoms with Gasteiger partial charge in [0.15, 0.2) is 0 Å². The number of thiocarbonyl (C=S) groups is 1. The Morgan fingerprint density at radius 2 is 2.09 bits per heavy atom. The molecule has 1 fully saturated rings. The zero-order chi connectivity index (χ0) is 25.7. The fraction of sp³-hybridized carbons (Fsp3) is 0.375. The summed E-state index contributed by atoms with van der Waals surface area (Å²) in [7, 11) is 1.50. The van der Waals surface area contributed by atoms with Gasteiger partial charge in [-0.15, -0.1) is 0 Å². The Hall–Kier alpha value is -3.24. The summed E-state index contributed by atoms with van der Waals surface area (Å²) in [5.41, 5.74) is 1.33. The minimum atomic E-state index is -1.12. The molecule has 0 saturated carbocycles. The van der Waals surface area contributed by atoms with Crippen molar-refractivity contribution in [3.63, 3.8) is 0 Å². The average Bonchev–Trinajstić information content (AvgIpc) is 2.95. The van der Waals surface area contributed by atoms with Crippen LogP contribution in [0.4, 0.5) is 4.79 Å². The van der Waals surface area contributed by atoms with Gasteiger partial charge in [0.25, 0.3) is 0 Å². The molecule has 1 saturated heterocycles. The van der Waals surface area contributed by atoms with Crippen molar-refractivity contribution in [2.45, 2.75) is 32.2 Å². The van der Waals surface area contributed by atoms with E-state index in [4.69, 9.17) is 28.6 Å². The van der Waals surface area contributed by atoms with E-state index < -0.39 is 42.3 Å². The number of carbonyl (C=O) groups is 4. The summed E-state index contributed by atoms with van der Waals surface area (Å²) in [5.74, 6) is -2.28. The smallest absolute Gasteiger partial charge is 0.335 e. The van der Waals surface area contributed by atoms with Crippen molar-refractivity contribution in [2.24, 2.45) is 5.92 Å². The van der Waals surface area contributed by atoms with E-state index in [9.17, 15) is 24.3 Å². The van der Waals surface area contributed by atoms with E-state index in [1.807, 2.05) is 6.92 Å². The first-order chi connectivity index (χ1) is 16.6. The van der Waals surface area contributed by atoms with Crippen LogP contribution in [0.25, 0.3) is 0 Å². The third-order valence-corrected chi connectivity index (χ3v) is 6.35. The van der Waals surface area contributed by atoms with E-state index in [1.165, 1.54) is 19.3 Å². The summed E-state index contributed by atoms with van der Waals surface area (Å²) in [6.07, 6.45) is 3.85. The summed E-state index contributed by atoms with van der Waals surface area (Å²) in [6, 6.07) is 3.75. The zero-order valence-electron chi connectivity index (χ0n) is 19.3. The first-order valence-electron chi connectivity index (χ1n) is 11.0. The van der Waals surface area contributed by atoms with Gasteiger partial charge in [0.05, 0.1) is 24.6 Å². The van der Waals surface area contributed by atoms with Gasteiger partial charge >= 0.3 is 12.0 Å². The summed E-state index contributed by atoms with van der Waals surface area (Å²) >= 11 is 11.3. The Morgan fingerprint density at radius 1 is 1.34 bits per heavy atom. The molecule has 0 bridgehead atoms. The molecule has 0 spiro atoms. The van der Waals surface area contributed by atoms with Gasteiger partial charge in [-0.2, -0.15) is 0 Å². The van der Waals surface area contributed by atoms with Gasteiger partial charge in [-0.05, 0) is 54.3 Å². The highest BCUT2D eigenvalue weighted by Gasteiger charge is 2.35. The van der Waals surface area contributed by atoms with Crippen LogP contribution in [0.5, 0.6) is 5.75 Å². The molecule has 0 radical (unpaired) electrons. The molecule has 4 amide bonds. The van der Waals surface area contributed by atoms with Gasteiger partial charge < -0.3 is 20.5 Å². The van der Waals surface area contributed by atoms with Crippen LogP contribution in [0.15, 0.2) is 41.5 Å². The molecule has 0 unspecified atom stereocenters. The van der Waals surface area contributed by atoms with Crippen molar-refractivity contribution in [1.29, 1.82) is 0 Å². The van der Waals surface area contributed by atoms with Gasteiger partial charge in [0.1, 0.15) is 12.3 Å². The maximum atomic E-state index is 13.3.